The number of hydrogen-bond acceptors (Lipinski definition) is 6. The summed E-state index contributed by atoms with van der Waals surface area (Å²) in [5, 5.41) is 2.95. The lowest BCUT2D eigenvalue weighted by molar-refractivity contribution is -0.109. The number of rotatable bonds is 3. The van der Waals surface area contributed by atoms with Gasteiger partial charge in [-0.2, -0.15) is 0 Å². The van der Waals surface area contributed by atoms with E-state index in [-0.39, 0.29) is 5.12 Å². The van der Waals surface area contributed by atoms with Crippen LogP contribution in [0.3, 0.4) is 0 Å². The van der Waals surface area contributed by atoms with E-state index < -0.39 is 5.91 Å². The number of anilines is 1. The molecular formula is C10H13N3O2S2. The summed E-state index contributed by atoms with van der Waals surface area (Å²) in [6.45, 7) is 3.26. The summed E-state index contributed by atoms with van der Waals surface area (Å²) in [4.78, 5) is 28.2. The predicted molar refractivity (Wildman–Crippen MR) is 69.5 cm³/mol. The minimum atomic E-state index is -0.499. The molecule has 2 heterocycles. The van der Waals surface area contributed by atoms with Crippen LogP contribution in [-0.2, 0) is 4.79 Å². The summed E-state index contributed by atoms with van der Waals surface area (Å²) in [5.74, 6) is -0.499. The number of thioether (sulfide) groups is 1. The van der Waals surface area contributed by atoms with Crippen LogP contribution in [0.4, 0.5) is 5.13 Å². The first-order chi connectivity index (χ1) is 8.06. The Morgan fingerprint density at radius 2 is 2.41 bits per heavy atom. The van der Waals surface area contributed by atoms with E-state index in [0.717, 1.165) is 24.6 Å². The maximum absolute atomic E-state index is 11.0. The van der Waals surface area contributed by atoms with Crippen molar-refractivity contribution in [2.24, 2.45) is 5.73 Å². The van der Waals surface area contributed by atoms with Gasteiger partial charge in [-0.15, -0.1) is 11.3 Å². The number of primary amides is 1. The van der Waals surface area contributed by atoms with Crippen LogP contribution in [0.5, 0.6) is 0 Å². The van der Waals surface area contributed by atoms with Crippen LogP contribution >= 0.6 is 23.1 Å². The average molecular weight is 271 g/mol. The second-order valence-corrected chi connectivity index (χ2v) is 6.16. The zero-order valence-electron chi connectivity index (χ0n) is 9.38. The van der Waals surface area contributed by atoms with Crippen LogP contribution in [0, 0.1) is 0 Å². The van der Waals surface area contributed by atoms with E-state index in [0.29, 0.717) is 10.9 Å². The Labute approximate surface area is 107 Å². The van der Waals surface area contributed by atoms with E-state index in [1.807, 2.05) is 0 Å². The van der Waals surface area contributed by atoms with Gasteiger partial charge in [-0.1, -0.05) is 11.8 Å². The standard InChI is InChI=1S/C10H13N3O2S2/c1-6(14)17-7-2-3-13(4-7)10-12-8(5-16-10)9(11)15/h5,7H,2-4H2,1H3,(H2,11,15)/t7-/m1/s1. The molecule has 1 saturated heterocycles. The molecule has 1 fully saturated rings. The van der Waals surface area contributed by atoms with Crippen molar-refractivity contribution in [2.75, 3.05) is 18.0 Å². The third kappa shape index (κ3) is 2.98. The molecular weight excluding hydrogens is 258 g/mol. The molecule has 0 bridgehead atoms. The van der Waals surface area contributed by atoms with Gasteiger partial charge in [0.05, 0.1) is 0 Å². The topological polar surface area (TPSA) is 76.3 Å². The van der Waals surface area contributed by atoms with Crippen LogP contribution in [0.1, 0.15) is 23.8 Å². The minimum absolute atomic E-state index is 0.147. The van der Waals surface area contributed by atoms with Gasteiger partial charge in [0.25, 0.3) is 5.91 Å². The molecule has 1 aromatic rings. The lowest BCUT2D eigenvalue weighted by atomic mass is 10.4. The zero-order chi connectivity index (χ0) is 12.4. The SMILES string of the molecule is CC(=O)S[C@@H]1CCN(c2nc(C(N)=O)cs2)C1. The fourth-order valence-electron chi connectivity index (χ4n) is 1.76. The van der Waals surface area contributed by atoms with Crippen LogP contribution in [0.2, 0.25) is 0 Å². The van der Waals surface area contributed by atoms with Crippen LogP contribution in [0.15, 0.2) is 5.38 Å². The van der Waals surface area contributed by atoms with Crippen LogP contribution < -0.4 is 10.6 Å². The van der Waals surface area contributed by atoms with E-state index in [1.54, 1.807) is 12.3 Å². The van der Waals surface area contributed by atoms with Gasteiger partial charge in [0.15, 0.2) is 10.2 Å². The highest BCUT2D eigenvalue weighted by atomic mass is 32.2. The smallest absolute Gasteiger partial charge is 0.268 e. The molecule has 1 aliphatic heterocycles. The average Bonchev–Trinajstić information content (AvgIpc) is 2.83. The molecule has 0 spiro atoms. The van der Waals surface area contributed by atoms with Gasteiger partial charge >= 0.3 is 0 Å². The van der Waals surface area contributed by atoms with E-state index in [1.165, 1.54) is 23.1 Å². The van der Waals surface area contributed by atoms with E-state index in [9.17, 15) is 9.59 Å². The first-order valence-electron chi connectivity index (χ1n) is 5.24. The predicted octanol–water partition coefficient (Wildman–Crippen LogP) is 1.10. The van der Waals surface area contributed by atoms with Crippen molar-refractivity contribution in [3.63, 3.8) is 0 Å². The summed E-state index contributed by atoms with van der Waals surface area (Å²) >= 11 is 2.79. The van der Waals surface area contributed by atoms with Crippen molar-refractivity contribution in [3.05, 3.63) is 11.1 Å². The first kappa shape index (κ1) is 12.4. The van der Waals surface area contributed by atoms with Gasteiger partial charge in [0.1, 0.15) is 5.69 Å². The molecule has 5 nitrogen and oxygen atoms in total. The Balaban J connectivity index is 1.99. The van der Waals surface area contributed by atoms with Crippen LogP contribution in [-0.4, -0.2) is 34.3 Å². The van der Waals surface area contributed by atoms with E-state index in [4.69, 9.17) is 5.73 Å². The molecule has 1 aliphatic rings. The quantitative estimate of drug-likeness (QED) is 0.891. The highest BCUT2D eigenvalue weighted by molar-refractivity contribution is 8.14. The number of aromatic nitrogens is 1. The number of carbonyl (C=O) groups excluding carboxylic acids is 2. The van der Waals surface area contributed by atoms with Crippen molar-refractivity contribution >= 4 is 39.3 Å². The van der Waals surface area contributed by atoms with E-state index >= 15 is 0 Å². The zero-order valence-corrected chi connectivity index (χ0v) is 11.0. The van der Waals surface area contributed by atoms with E-state index in [2.05, 4.69) is 9.88 Å². The lowest BCUT2D eigenvalue weighted by Crippen LogP contribution is -2.21. The molecule has 1 atom stereocenters. The van der Waals surface area contributed by atoms with Crippen LogP contribution in [0.25, 0.3) is 0 Å². The van der Waals surface area contributed by atoms with Gasteiger partial charge in [-0.25, -0.2) is 4.98 Å². The van der Waals surface area contributed by atoms with Gasteiger partial charge in [-0.3, -0.25) is 9.59 Å². The third-order valence-corrected chi connectivity index (χ3v) is 4.44. The molecule has 0 unspecified atom stereocenters. The Hall–Kier alpha value is -1.08. The molecule has 1 amide bonds. The number of nitrogens with two attached hydrogens (primary N) is 1. The molecule has 0 aromatic carbocycles. The lowest BCUT2D eigenvalue weighted by Gasteiger charge is -2.13. The maximum Gasteiger partial charge on any atom is 0.268 e. The summed E-state index contributed by atoms with van der Waals surface area (Å²) < 4.78 is 0. The number of amides is 1. The van der Waals surface area contributed by atoms with Crippen molar-refractivity contribution in [2.45, 2.75) is 18.6 Å². The maximum atomic E-state index is 11.0. The third-order valence-electron chi connectivity index (χ3n) is 2.49. The van der Waals surface area contributed by atoms with Gasteiger partial charge in [0, 0.05) is 30.6 Å². The second kappa shape index (κ2) is 5.05. The Morgan fingerprint density at radius 3 is 3.00 bits per heavy atom. The molecule has 0 saturated carbocycles. The minimum Gasteiger partial charge on any atom is -0.364 e. The first-order valence-corrected chi connectivity index (χ1v) is 6.99. The molecule has 0 radical (unpaired) electrons. The summed E-state index contributed by atoms with van der Waals surface area (Å²) in [5.41, 5.74) is 5.47. The molecule has 17 heavy (non-hydrogen) atoms. The molecule has 7 heteroatoms. The number of hydrogen-bond donors (Lipinski definition) is 1. The number of nitrogens with zero attached hydrogens (tertiary/aromatic N) is 2. The normalized spacial score (nSPS) is 19.6. The fraction of sp³-hybridized carbons (Fsp3) is 0.500. The van der Waals surface area contributed by atoms with Crippen molar-refractivity contribution in [1.82, 2.24) is 4.98 Å². The number of carbonyl (C=O) groups is 2. The molecule has 0 aliphatic carbocycles. The monoisotopic (exact) mass is 271 g/mol. The largest absolute Gasteiger partial charge is 0.364 e. The molecule has 2 N–H and O–H groups in total. The number of thiazole rings is 1. The van der Waals surface area contributed by atoms with Crippen molar-refractivity contribution in [3.8, 4) is 0 Å². The highest BCUT2D eigenvalue weighted by Gasteiger charge is 2.26. The van der Waals surface area contributed by atoms with Crippen molar-refractivity contribution in [1.29, 1.82) is 0 Å². The summed E-state index contributed by atoms with van der Waals surface area (Å²) in [6, 6.07) is 0. The Bertz CT molecular complexity index is 447. The summed E-state index contributed by atoms with van der Waals surface area (Å²) in [6.07, 6.45) is 0.968. The van der Waals surface area contributed by atoms with Gasteiger partial charge < -0.3 is 10.6 Å². The van der Waals surface area contributed by atoms with Crippen molar-refractivity contribution < 1.29 is 9.59 Å². The van der Waals surface area contributed by atoms with Gasteiger partial charge in [-0.05, 0) is 6.42 Å². The molecule has 92 valence electrons. The second-order valence-electron chi connectivity index (χ2n) is 3.85. The fourth-order valence-corrected chi connectivity index (χ4v) is 3.55. The van der Waals surface area contributed by atoms with Gasteiger partial charge in [0.2, 0.25) is 0 Å². The highest BCUT2D eigenvalue weighted by Crippen LogP contribution is 2.29. The molecule has 2 rings (SSSR count). The Morgan fingerprint density at radius 1 is 1.65 bits per heavy atom. The Kier molecular flexibility index (Phi) is 3.68. The summed E-state index contributed by atoms with van der Waals surface area (Å²) in [7, 11) is 0. The molecule has 1 aromatic heterocycles.